The molecule has 2 fully saturated rings. The number of nitrogens with zero attached hydrogens (tertiary/aromatic N) is 1. The van der Waals surface area contributed by atoms with E-state index < -0.39 is 0 Å². The van der Waals surface area contributed by atoms with Crippen molar-refractivity contribution in [3.63, 3.8) is 0 Å². The average Bonchev–Trinajstić information content (AvgIpc) is 2.35. The third kappa shape index (κ3) is 3.71. The Hall–Kier alpha value is -0.0800. The predicted octanol–water partition coefficient (Wildman–Crippen LogP) is 3.42. The second-order valence-electron chi connectivity index (χ2n) is 7.15. The van der Waals surface area contributed by atoms with Gasteiger partial charge < -0.3 is 5.32 Å². The third-order valence-corrected chi connectivity index (χ3v) is 4.79. The van der Waals surface area contributed by atoms with Crippen LogP contribution in [0.3, 0.4) is 0 Å². The fourth-order valence-corrected chi connectivity index (χ4v) is 3.87. The van der Waals surface area contributed by atoms with Gasteiger partial charge in [-0.05, 0) is 50.6 Å². The Morgan fingerprint density at radius 2 is 1.94 bits per heavy atom. The van der Waals surface area contributed by atoms with Gasteiger partial charge in [-0.3, -0.25) is 4.90 Å². The van der Waals surface area contributed by atoms with Gasteiger partial charge in [0.15, 0.2) is 0 Å². The molecule has 1 heterocycles. The summed E-state index contributed by atoms with van der Waals surface area (Å²) in [6, 6.07) is 1.57. The van der Waals surface area contributed by atoms with E-state index in [0.29, 0.717) is 5.41 Å². The van der Waals surface area contributed by atoms with Gasteiger partial charge in [-0.15, -0.1) is 0 Å². The standard InChI is InChI=1S/C16H32N2/c1-4-11-17-14-8-5-6-9-15(14)18-12-7-10-16(2,3)13-18/h14-15,17H,4-13H2,1-3H3. The van der Waals surface area contributed by atoms with Crippen molar-refractivity contribution in [3.05, 3.63) is 0 Å². The molecule has 2 unspecified atom stereocenters. The van der Waals surface area contributed by atoms with Crippen molar-refractivity contribution in [3.8, 4) is 0 Å². The molecule has 0 spiro atoms. The molecule has 106 valence electrons. The van der Waals surface area contributed by atoms with Gasteiger partial charge in [-0.1, -0.05) is 33.6 Å². The molecule has 0 bridgehead atoms. The molecular formula is C16H32N2. The van der Waals surface area contributed by atoms with Crippen LogP contribution in [0, 0.1) is 5.41 Å². The minimum atomic E-state index is 0.533. The second-order valence-corrected chi connectivity index (χ2v) is 7.15. The number of likely N-dealkylation sites (tertiary alicyclic amines) is 1. The lowest BCUT2D eigenvalue weighted by Crippen LogP contribution is -2.55. The number of piperidine rings is 1. The van der Waals surface area contributed by atoms with Gasteiger partial charge in [0.1, 0.15) is 0 Å². The zero-order valence-corrected chi connectivity index (χ0v) is 12.7. The Kier molecular flexibility index (Phi) is 5.08. The monoisotopic (exact) mass is 252 g/mol. The minimum Gasteiger partial charge on any atom is -0.312 e. The first-order valence-electron chi connectivity index (χ1n) is 8.10. The summed E-state index contributed by atoms with van der Waals surface area (Å²) in [5, 5.41) is 3.80. The maximum absolute atomic E-state index is 3.80. The van der Waals surface area contributed by atoms with Gasteiger partial charge in [0.05, 0.1) is 0 Å². The molecule has 2 heteroatoms. The molecule has 1 saturated carbocycles. The van der Waals surface area contributed by atoms with Crippen LogP contribution in [0.5, 0.6) is 0 Å². The highest BCUT2D eigenvalue weighted by Gasteiger charge is 2.35. The molecule has 2 nitrogen and oxygen atoms in total. The van der Waals surface area contributed by atoms with Gasteiger partial charge in [0, 0.05) is 18.6 Å². The SMILES string of the molecule is CCCNC1CCCCC1N1CCCC(C)(C)C1. The zero-order valence-electron chi connectivity index (χ0n) is 12.7. The van der Waals surface area contributed by atoms with Crippen LogP contribution in [0.1, 0.15) is 65.7 Å². The molecule has 2 aliphatic rings. The maximum atomic E-state index is 3.80. The average molecular weight is 252 g/mol. The lowest BCUT2D eigenvalue weighted by molar-refractivity contribution is 0.0449. The van der Waals surface area contributed by atoms with E-state index in [0.717, 1.165) is 12.1 Å². The molecule has 1 aliphatic carbocycles. The third-order valence-electron chi connectivity index (χ3n) is 4.79. The van der Waals surface area contributed by atoms with Crippen molar-refractivity contribution in [1.82, 2.24) is 10.2 Å². The molecule has 0 aromatic rings. The van der Waals surface area contributed by atoms with Crippen LogP contribution in [0.15, 0.2) is 0 Å². The lowest BCUT2D eigenvalue weighted by atomic mass is 9.81. The van der Waals surface area contributed by atoms with Crippen molar-refractivity contribution in [2.45, 2.75) is 77.8 Å². The first-order chi connectivity index (χ1) is 8.62. The largest absolute Gasteiger partial charge is 0.312 e. The number of hydrogen-bond acceptors (Lipinski definition) is 2. The normalized spacial score (nSPS) is 33.5. The first kappa shape index (κ1) is 14.3. The fraction of sp³-hybridized carbons (Fsp3) is 1.00. The van der Waals surface area contributed by atoms with Crippen LogP contribution < -0.4 is 5.32 Å². The summed E-state index contributed by atoms with van der Waals surface area (Å²) in [6.45, 7) is 11.0. The van der Waals surface area contributed by atoms with E-state index in [-0.39, 0.29) is 0 Å². The van der Waals surface area contributed by atoms with E-state index in [4.69, 9.17) is 0 Å². The molecule has 0 aromatic heterocycles. The molecule has 1 aliphatic heterocycles. The molecule has 0 amide bonds. The van der Waals surface area contributed by atoms with Crippen molar-refractivity contribution < 1.29 is 0 Å². The van der Waals surface area contributed by atoms with Crippen LogP contribution in [-0.4, -0.2) is 36.6 Å². The van der Waals surface area contributed by atoms with Crippen molar-refractivity contribution in [2.24, 2.45) is 5.41 Å². The van der Waals surface area contributed by atoms with E-state index in [1.807, 2.05) is 0 Å². The number of nitrogens with one attached hydrogen (secondary N) is 1. The zero-order chi connectivity index (χ0) is 13.0. The van der Waals surface area contributed by atoms with Crippen molar-refractivity contribution in [2.75, 3.05) is 19.6 Å². The summed E-state index contributed by atoms with van der Waals surface area (Å²) in [5.41, 5.74) is 0.533. The first-order valence-corrected chi connectivity index (χ1v) is 8.10. The van der Waals surface area contributed by atoms with E-state index in [1.54, 1.807) is 0 Å². The van der Waals surface area contributed by atoms with Gasteiger partial charge >= 0.3 is 0 Å². The van der Waals surface area contributed by atoms with Crippen LogP contribution >= 0.6 is 0 Å². The van der Waals surface area contributed by atoms with Crippen LogP contribution in [-0.2, 0) is 0 Å². The van der Waals surface area contributed by atoms with E-state index in [1.165, 1.54) is 64.6 Å². The highest BCUT2D eigenvalue weighted by atomic mass is 15.2. The van der Waals surface area contributed by atoms with Crippen molar-refractivity contribution >= 4 is 0 Å². The smallest absolute Gasteiger partial charge is 0.0249 e. The van der Waals surface area contributed by atoms with Gasteiger partial charge in [0.25, 0.3) is 0 Å². The molecule has 18 heavy (non-hydrogen) atoms. The Balaban J connectivity index is 1.95. The summed E-state index contributed by atoms with van der Waals surface area (Å²) >= 11 is 0. The molecule has 1 saturated heterocycles. The maximum Gasteiger partial charge on any atom is 0.0249 e. The van der Waals surface area contributed by atoms with Crippen LogP contribution in [0.25, 0.3) is 0 Å². The molecule has 1 N–H and O–H groups in total. The van der Waals surface area contributed by atoms with Crippen LogP contribution in [0.4, 0.5) is 0 Å². The Bertz CT molecular complexity index is 249. The Labute approximate surface area is 114 Å². The number of rotatable bonds is 4. The van der Waals surface area contributed by atoms with Gasteiger partial charge in [-0.25, -0.2) is 0 Å². The molecule has 0 radical (unpaired) electrons. The van der Waals surface area contributed by atoms with E-state index >= 15 is 0 Å². The molecule has 0 aromatic carbocycles. The summed E-state index contributed by atoms with van der Waals surface area (Å²) in [5.74, 6) is 0. The Morgan fingerprint density at radius 1 is 1.17 bits per heavy atom. The highest BCUT2D eigenvalue weighted by Crippen LogP contribution is 2.33. The highest BCUT2D eigenvalue weighted by molar-refractivity contribution is 4.92. The van der Waals surface area contributed by atoms with E-state index in [9.17, 15) is 0 Å². The topological polar surface area (TPSA) is 15.3 Å². The quantitative estimate of drug-likeness (QED) is 0.825. The molecule has 2 atom stereocenters. The minimum absolute atomic E-state index is 0.533. The predicted molar refractivity (Wildman–Crippen MR) is 78.9 cm³/mol. The molecule has 2 rings (SSSR count). The fourth-order valence-electron chi connectivity index (χ4n) is 3.87. The molecular weight excluding hydrogens is 220 g/mol. The summed E-state index contributed by atoms with van der Waals surface area (Å²) in [6.07, 6.45) is 9.72. The van der Waals surface area contributed by atoms with E-state index in [2.05, 4.69) is 31.0 Å². The van der Waals surface area contributed by atoms with Crippen molar-refractivity contribution in [1.29, 1.82) is 0 Å². The van der Waals surface area contributed by atoms with Crippen LogP contribution in [0.2, 0.25) is 0 Å². The number of hydrogen-bond donors (Lipinski definition) is 1. The Morgan fingerprint density at radius 3 is 2.67 bits per heavy atom. The lowest BCUT2D eigenvalue weighted by Gasteiger charge is -2.46. The van der Waals surface area contributed by atoms with Gasteiger partial charge in [0.2, 0.25) is 0 Å². The second kappa shape index (κ2) is 6.38. The van der Waals surface area contributed by atoms with Gasteiger partial charge in [-0.2, -0.15) is 0 Å². The summed E-state index contributed by atoms with van der Waals surface area (Å²) in [7, 11) is 0. The summed E-state index contributed by atoms with van der Waals surface area (Å²) < 4.78 is 0. The summed E-state index contributed by atoms with van der Waals surface area (Å²) in [4.78, 5) is 2.80.